The molecule has 4 nitrogen and oxygen atoms in total. The van der Waals surface area contributed by atoms with Gasteiger partial charge in [-0.05, 0) is 31.6 Å². The Morgan fingerprint density at radius 2 is 1.91 bits per heavy atom. The lowest BCUT2D eigenvalue weighted by molar-refractivity contribution is 0.156. The van der Waals surface area contributed by atoms with E-state index in [2.05, 4.69) is 15.2 Å². The van der Waals surface area contributed by atoms with Crippen molar-refractivity contribution in [3.8, 4) is 0 Å². The molecule has 2 heterocycles. The van der Waals surface area contributed by atoms with E-state index < -0.39 is 0 Å². The summed E-state index contributed by atoms with van der Waals surface area (Å²) in [5, 5.41) is 3.67. The number of hydrogen-bond donors (Lipinski definition) is 1. The van der Waals surface area contributed by atoms with Crippen LogP contribution in [-0.2, 0) is 4.74 Å². The van der Waals surface area contributed by atoms with Gasteiger partial charge >= 0.3 is 0 Å². The van der Waals surface area contributed by atoms with E-state index in [0.717, 1.165) is 44.7 Å². The SMILES string of the molecule is CN=C(NCC1CCCCCCC1)N1CCC2(CCOC2)C1.I. The lowest BCUT2D eigenvalue weighted by atomic mass is 9.87. The number of nitrogens with one attached hydrogen (secondary N) is 1. The molecule has 1 saturated carbocycles. The van der Waals surface area contributed by atoms with Gasteiger partial charge in [0, 0.05) is 38.7 Å². The molecule has 1 spiro atoms. The van der Waals surface area contributed by atoms with Crippen LogP contribution >= 0.6 is 24.0 Å². The highest BCUT2D eigenvalue weighted by Crippen LogP contribution is 2.38. The predicted molar refractivity (Wildman–Crippen MR) is 107 cm³/mol. The summed E-state index contributed by atoms with van der Waals surface area (Å²) in [6.45, 7) is 5.25. The molecule has 2 aliphatic heterocycles. The van der Waals surface area contributed by atoms with Crippen LogP contribution in [0.3, 0.4) is 0 Å². The summed E-state index contributed by atoms with van der Waals surface area (Å²) in [5.74, 6) is 1.95. The van der Waals surface area contributed by atoms with E-state index in [4.69, 9.17) is 4.74 Å². The highest BCUT2D eigenvalue weighted by molar-refractivity contribution is 14.0. The molecule has 2 saturated heterocycles. The third-order valence-corrected chi connectivity index (χ3v) is 5.91. The first-order valence-electron chi connectivity index (χ1n) is 9.35. The van der Waals surface area contributed by atoms with Crippen molar-refractivity contribution < 1.29 is 4.74 Å². The molecule has 1 atom stereocenters. The van der Waals surface area contributed by atoms with E-state index >= 15 is 0 Å². The Hall–Kier alpha value is -0.0400. The number of guanidine groups is 1. The van der Waals surface area contributed by atoms with Crippen LogP contribution in [0.25, 0.3) is 0 Å². The topological polar surface area (TPSA) is 36.9 Å². The molecule has 1 unspecified atom stereocenters. The Morgan fingerprint density at radius 3 is 2.57 bits per heavy atom. The number of rotatable bonds is 2. The number of aliphatic imine (C=N–C) groups is 1. The third-order valence-electron chi connectivity index (χ3n) is 5.91. The van der Waals surface area contributed by atoms with E-state index in [1.807, 2.05) is 7.05 Å². The van der Waals surface area contributed by atoms with Gasteiger partial charge in [-0.25, -0.2) is 0 Å². The molecule has 0 radical (unpaired) electrons. The maximum Gasteiger partial charge on any atom is 0.193 e. The van der Waals surface area contributed by atoms with E-state index in [-0.39, 0.29) is 24.0 Å². The fourth-order valence-electron chi connectivity index (χ4n) is 4.40. The van der Waals surface area contributed by atoms with Gasteiger partial charge in [0.05, 0.1) is 6.61 Å². The Balaban J connectivity index is 0.00000192. The summed E-state index contributed by atoms with van der Waals surface area (Å²) in [6, 6.07) is 0. The molecule has 1 N–H and O–H groups in total. The van der Waals surface area contributed by atoms with E-state index in [9.17, 15) is 0 Å². The summed E-state index contributed by atoms with van der Waals surface area (Å²) in [4.78, 5) is 7.00. The second-order valence-corrected chi connectivity index (χ2v) is 7.61. The molecule has 3 fully saturated rings. The van der Waals surface area contributed by atoms with Crippen molar-refractivity contribution in [1.82, 2.24) is 10.2 Å². The fourth-order valence-corrected chi connectivity index (χ4v) is 4.40. The zero-order chi connectivity index (χ0) is 15.3. The summed E-state index contributed by atoms with van der Waals surface area (Å²) in [5.41, 5.74) is 0.415. The van der Waals surface area contributed by atoms with Crippen LogP contribution < -0.4 is 5.32 Å². The van der Waals surface area contributed by atoms with Crippen LogP contribution in [-0.4, -0.2) is 50.8 Å². The Labute approximate surface area is 158 Å². The minimum absolute atomic E-state index is 0. The largest absolute Gasteiger partial charge is 0.381 e. The van der Waals surface area contributed by atoms with Gasteiger partial charge in [0.2, 0.25) is 0 Å². The van der Waals surface area contributed by atoms with Gasteiger partial charge in [-0.3, -0.25) is 4.99 Å². The number of likely N-dealkylation sites (tertiary alicyclic amines) is 1. The number of hydrogen-bond acceptors (Lipinski definition) is 2. The van der Waals surface area contributed by atoms with E-state index in [0.29, 0.717) is 5.41 Å². The van der Waals surface area contributed by atoms with Gasteiger partial charge in [-0.1, -0.05) is 32.1 Å². The molecule has 3 rings (SSSR count). The van der Waals surface area contributed by atoms with Crippen LogP contribution in [0.4, 0.5) is 0 Å². The van der Waals surface area contributed by atoms with Crippen LogP contribution in [0.1, 0.15) is 57.8 Å². The molecule has 3 aliphatic rings. The van der Waals surface area contributed by atoms with Gasteiger partial charge in [-0.2, -0.15) is 0 Å². The first kappa shape index (κ1) is 19.3. The lowest BCUT2D eigenvalue weighted by Gasteiger charge is -2.27. The molecule has 0 aromatic heterocycles. The second kappa shape index (κ2) is 9.44. The van der Waals surface area contributed by atoms with Crippen molar-refractivity contribution >= 4 is 29.9 Å². The van der Waals surface area contributed by atoms with Crippen LogP contribution in [0, 0.1) is 11.3 Å². The fraction of sp³-hybridized carbons (Fsp3) is 0.944. The predicted octanol–water partition coefficient (Wildman–Crippen LogP) is 3.65. The average molecular weight is 435 g/mol. The van der Waals surface area contributed by atoms with Crippen LogP contribution in [0.2, 0.25) is 0 Å². The van der Waals surface area contributed by atoms with Crippen LogP contribution in [0.5, 0.6) is 0 Å². The third kappa shape index (κ3) is 5.21. The maximum atomic E-state index is 5.64. The monoisotopic (exact) mass is 435 g/mol. The molecule has 23 heavy (non-hydrogen) atoms. The molecule has 0 aromatic carbocycles. The Bertz CT molecular complexity index is 374. The molecule has 5 heteroatoms. The zero-order valence-electron chi connectivity index (χ0n) is 14.7. The number of halogens is 1. The van der Waals surface area contributed by atoms with Gasteiger partial charge in [0.1, 0.15) is 0 Å². The number of ether oxygens (including phenoxy) is 1. The van der Waals surface area contributed by atoms with E-state index in [1.165, 1.54) is 57.8 Å². The second-order valence-electron chi connectivity index (χ2n) is 7.61. The van der Waals surface area contributed by atoms with Gasteiger partial charge < -0.3 is 15.0 Å². The van der Waals surface area contributed by atoms with Crippen LogP contribution in [0.15, 0.2) is 4.99 Å². The van der Waals surface area contributed by atoms with Gasteiger partial charge in [0.15, 0.2) is 5.96 Å². The molecule has 0 aromatic rings. The van der Waals surface area contributed by atoms with Gasteiger partial charge in [0.25, 0.3) is 0 Å². The van der Waals surface area contributed by atoms with Gasteiger partial charge in [-0.15, -0.1) is 24.0 Å². The number of nitrogens with zero attached hydrogens (tertiary/aromatic N) is 2. The molecule has 0 amide bonds. The average Bonchev–Trinajstić information content (AvgIpc) is 3.12. The van der Waals surface area contributed by atoms with Crippen molar-refractivity contribution in [1.29, 1.82) is 0 Å². The molecule has 134 valence electrons. The highest BCUT2D eigenvalue weighted by Gasteiger charge is 2.42. The van der Waals surface area contributed by atoms with Crippen molar-refractivity contribution in [2.75, 3.05) is 39.9 Å². The Kier molecular flexibility index (Phi) is 7.92. The zero-order valence-corrected chi connectivity index (χ0v) is 17.0. The van der Waals surface area contributed by atoms with Crippen molar-refractivity contribution in [2.45, 2.75) is 57.8 Å². The first-order chi connectivity index (χ1) is 10.8. The molecular formula is C18H34IN3O. The minimum Gasteiger partial charge on any atom is -0.381 e. The maximum absolute atomic E-state index is 5.64. The highest BCUT2D eigenvalue weighted by atomic mass is 127. The van der Waals surface area contributed by atoms with E-state index in [1.54, 1.807) is 0 Å². The lowest BCUT2D eigenvalue weighted by Crippen LogP contribution is -2.43. The quantitative estimate of drug-likeness (QED) is 0.409. The summed E-state index contributed by atoms with van der Waals surface area (Å²) >= 11 is 0. The van der Waals surface area contributed by atoms with Crippen molar-refractivity contribution in [3.63, 3.8) is 0 Å². The normalized spacial score (nSPS) is 30.1. The summed E-state index contributed by atoms with van der Waals surface area (Å²) in [6.07, 6.45) is 12.4. The smallest absolute Gasteiger partial charge is 0.193 e. The summed E-state index contributed by atoms with van der Waals surface area (Å²) < 4.78 is 5.64. The first-order valence-corrected chi connectivity index (χ1v) is 9.35. The van der Waals surface area contributed by atoms with Crippen molar-refractivity contribution in [3.05, 3.63) is 0 Å². The standard InChI is InChI=1S/C18H33N3O.HI/c1-19-17(20-13-16-7-5-3-2-4-6-8-16)21-11-9-18(14-21)10-12-22-15-18;/h16H,2-15H2,1H3,(H,19,20);1H. The molecule has 1 aliphatic carbocycles. The molecule has 0 bridgehead atoms. The van der Waals surface area contributed by atoms with Crippen molar-refractivity contribution in [2.24, 2.45) is 16.3 Å². The summed E-state index contributed by atoms with van der Waals surface area (Å²) in [7, 11) is 1.93. The minimum atomic E-state index is 0. The molecular weight excluding hydrogens is 401 g/mol. The Morgan fingerprint density at radius 1 is 1.17 bits per heavy atom.